The molecule has 1 aromatic carbocycles. The van der Waals surface area contributed by atoms with E-state index in [-0.39, 0.29) is 12.1 Å². The number of amides is 2. The lowest BCUT2D eigenvalue weighted by Crippen LogP contribution is -2.65. The maximum atomic E-state index is 12.4. The first-order valence-electron chi connectivity index (χ1n) is 7.23. The Morgan fingerprint density at radius 2 is 2.29 bits per heavy atom. The molecule has 2 fully saturated rings. The van der Waals surface area contributed by atoms with Gasteiger partial charge < -0.3 is 10.1 Å². The van der Waals surface area contributed by atoms with E-state index in [0.717, 1.165) is 27.8 Å². The molecule has 1 aromatic rings. The average molecular weight is 419 g/mol. The van der Waals surface area contributed by atoms with Crippen LogP contribution in [0.1, 0.15) is 37.8 Å². The van der Waals surface area contributed by atoms with Crippen molar-refractivity contribution in [2.24, 2.45) is 5.92 Å². The number of nitrogens with zero attached hydrogens (tertiary/aromatic N) is 1. The van der Waals surface area contributed by atoms with E-state index in [4.69, 9.17) is 16.3 Å². The van der Waals surface area contributed by atoms with E-state index in [9.17, 15) is 4.79 Å². The Kier molecular flexibility index (Phi) is 3.09. The summed E-state index contributed by atoms with van der Waals surface area (Å²) in [6.45, 7) is 2.79. The van der Waals surface area contributed by atoms with Crippen LogP contribution in [-0.2, 0) is 0 Å². The second-order valence-electron chi connectivity index (χ2n) is 6.32. The van der Waals surface area contributed by atoms with Crippen molar-refractivity contribution in [2.45, 2.75) is 38.0 Å². The lowest BCUT2D eigenvalue weighted by molar-refractivity contribution is -0.0860. The molecule has 0 radical (unpaired) electrons. The van der Waals surface area contributed by atoms with E-state index in [2.05, 4.69) is 27.9 Å². The zero-order valence-corrected chi connectivity index (χ0v) is 14.6. The van der Waals surface area contributed by atoms with E-state index in [0.29, 0.717) is 10.9 Å². The molecule has 3 aliphatic rings. The molecule has 4 nitrogen and oxygen atoms in total. The lowest BCUT2D eigenvalue weighted by Gasteiger charge is -2.51. The van der Waals surface area contributed by atoms with Gasteiger partial charge in [0.1, 0.15) is 5.75 Å². The van der Waals surface area contributed by atoms with Crippen LogP contribution < -0.4 is 10.1 Å². The van der Waals surface area contributed by atoms with Gasteiger partial charge in [-0.15, -0.1) is 0 Å². The van der Waals surface area contributed by atoms with Crippen molar-refractivity contribution in [1.29, 1.82) is 0 Å². The van der Waals surface area contributed by atoms with Crippen molar-refractivity contribution in [1.82, 2.24) is 10.2 Å². The molecule has 2 heterocycles. The first kappa shape index (κ1) is 13.9. The highest BCUT2D eigenvalue weighted by molar-refractivity contribution is 14.1. The van der Waals surface area contributed by atoms with Gasteiger partial charge in [-0.2, -0.15) is 0 Å². The average Bonchev–Trinajstić information content (AvgIpc) is 3.23. The highest BCUT2D eigenvalue weighted by Gasteiger charge is 2.50. The number of hydrogen-bond donors (Lipinski definition) is 1. The van der Waals surface area contributed by atoms with Gasteiger partial charge in [-0.25, -0.2) is 4.79 Å². The fourth-order valence-electron chi connectivity index (χ4n) is 3.25. The minimum atomic E-state index is -0.576. The summed E-state index contributed by atoms with van der Waals surface area (Å²) in [7, 11) is 0. The largest absolute Gasteiger partial charge is 0.467 e. The smallest absolute Gasteiger partial charge is 0.320 e. The van der Waals surface area contributed by atoms with E-state index in [1.807, 2.05) is 24.0 Å². The van der Waals surface area contributed by atoms with Crippen LogP contribution >= 0.6 is 34.2 Å². The van der Waals surface area contributed by atoms with E-state index in [1.54, 1.807) is 0 Å². The highest BCUT2D eigenvalue weighted by Crippen LogP contribution is 2.48. The molecule has 2 aliphatic heterocycles. The summed E-state index contributed by atoms with van der Waals surface area (Å²) >= 11 is 8.44. The maximum absolute atomic E-state index is 12.4. The molecule has 6 heteroatoms. The van der Waals surface area contributed by atoms with Gasteiger partial charge in [-0.3, -0.25) is 4.90 Å². The monoisotopic (exact) mass is 418 g/mol. The predicted octanol–water partition coefficient (Wildman–Crippen LogP) is 3.92. The Morgan fingerprint density at radius 3 is 3.00 bits per heavy atom. The van der Waals surface area contributed by atoms with Crippen LogP contribution in [0.15, 0.2) is 12.1 Å². The SMILES string of the molecule is CC12CC(NC(=O)N1CC1CC1)c1ccc(Cl)c(I)c1O2. The number of carbonyl (C=O) groups is 1. The molecule has 2 amide bonds. The summed E-state index contributed by atoms with van der Waals surface area (Å²) in [5, 5.41) is 3.81. The minimum absolute atomic E-state index is 0.00693. The molecule has 112 valence electrons. The van der Waals surface area contributed by atoms with Crippen LogP contribution in [0.4, 0.5) is 4.79 Å². The third-order valence-electron chi connectivity index (χ3n) is 4.61. The number of ether oxygens (including phenoxy) is 1. The van der Waals surface area contributed by atoms with Gasteiger partial charge in [0.25, 0.3) is 0 Å². The van der Waals surface area contributed by atoms with Crippen LogP contribution in [0, 0.1) is 9.49 Å². The van der Waals surface area contributed by atoms with Gasteiger partial charge in [0.15, 0.2) is 5.72 Å². The Balaban J connectivity index is 1.76. The summed E-state index contributed by atoms with van der Waals surface area (Å²) in [5.41, 5.74) is 0.452. The fraction of sp³-hybridized carbons (Fsp3) is 0.533. The number of rotatable bonds is 2. The number of fused-ring (bicyclic) bond motifs is 4. The molecule has 2 bridgehead atoms. The third kappa shape index (κ3) is 2.20. The lowest BCUT2D eigenvalue weighted by atomic mass is 9.90. The quantitative estimate of drug-likeness (QED) is 0.740. The van der Waals surface area contributed by atoms with Crippen molar-refractivity contribution in [3.05, 3.63) is 26.3 Å². The van der Waals surface area contributed by atoms with Gasteiger partial charge in [-0.05, 0) is 54.3 Å². The van der Waals surface area contributed by atoms with Gasteiger partial charge in [-0.1, -0.05) is 17.7 Å². The van der Waals surface area contributed by atoms with Crippen LogP contribution in [0.5, 0.6) is 5.75 Å². The Labute approximate surface area is 142 Å². The second kappa shape index (κ2) is 4.65. The Bertz CT molecular complexity index is 634. The number of benzene rings is 1. The molecule has 1 aliphatic carbocycles. The highest BCUT2D eigenvalue weighted by atomic mass is 127. The van der Waals surface area contributed by atoms with Crippen molar-refractivity contribution in [3.63, 3.8) is 0 Å². The Hall–Kier alpha value is -0.690. The summed E-state index contributed by atoms with van der Waals surface area (Å²) in [6, 6.07) is 3.82. The molecule has 0 spiro atoms. The number of carbonyl (C=O) groups excluding carboxylic acids is 1. The van der Waals surface area contributed by atoms with Crippen molar-refractivity contribution >= 4 is 40.2 Å². The summed E-state index contributed by atoms with van der Waals surface area (Å²) < 4.78 is 7.21. The molecule has 2 atom stereocenters. The molecule has 4 rings (SSSR count). The number of halogens is 2. The molecule has 2 unspecified atom stereocenters. The maximum Gasteiger partial charge on any atom is 0.320 e. The summed E-state index contributed by atoms with van der Waals surface area (Å²) in [6.07, 6.45) is 3.20. The van der Waals surface area contributed by atoms with Gasteiger partial charge >= 0.3 is 6.03 Å². The zero-order chi connectivity index (χ0) is 14.8. The molecule has 1 saturated carbocycles. The van der Waals surface area contributed by atoms with E-state index < -0.39 is 5.72 Å². The number of urea groups is 1. The standard InChI is InChI=1S/C15H16ClIN2O2/c1-15-6-11(18-14(20)19(15)7-8-2-3-8)9-4-5-10(16)12(17)13(9)21-15/h4-5,8,11H,2-3,6-7H2,1H3,(H,18,20). The van der Waals surface area contributed by atoms with Crippen LogP contribution in [0.2, 0.25) is 5.02 Å². The second-order valence-corrected chi connectivity index (χ2v) is 7.80. The number of nitrogens with one attached hydrogen (secondary N) is 1. The van der Waals surface area contributed by atoms with Gasteiger partial charge in [0.2, 0.25) is 0 Å². The molecule has 0 aromatic heterocycles. The molecule has 1 saturated heterocycles. The minimum Gasteiger partial charge on any atom is -0.467 e. The fourth-order valence-corrected chi connectivity index (χ4v) is 4.00. The van der Waals surface area contributed by atoms with E-state index in [1.165, 1.54) is 12.8 Å². The predicted molar refractivity (Wildman–Crippen MR) is 88.5 cm³/mol. The van der Waals surface area contributed by atoms with Gasteiger partial charge in [0, 0.05) is 18.5 Å². The molecule has 21 heavy (non-hydrogen) atoms. The van der Waals surface area contributed by atoms with Crippen molar-refractivity contribution in [3.8, 4) is 5.75 Å². The van der Waals surface area contributed by atoms with Crippen molar-refractivity contribution in [2.75, 3.05) is 6.54 Å². The first-order valence-corrected chi connectivity index (χ1v) is 8.69. The molecule has 1 N–H and O–H groups in total. The number of hydrogen-bond acceptors (Lipinski definition) is 2. The summed E-state index contributed by atoms with van der Waals surface area (Å²) in [5.74, 6) is 1.45. The molecular weight excluding hydrogens is 403 g/mol. The van der Waals surface area contributed by atoms with Gasteiger partial charge in [0.05, 0.1) is 14.6 Å². The zero-order valence-electron chi connectivity index (χ0n) is 11.7. The normalized spacial score (nSPS) is 30.5. The van der Waals surface area contributed by atoms with Crippen LogP contribution in [0.3, 0.4) is 0 Å². The molecular formula is C15H16ClIN2O2. The van der Waals surface area contributed by atoms with Crippen LogP contribution in [0.25, 0.3) is 0 Å². The van der Waals surface area contributed by atoms with Crippen LogP contribution in [-0.4, -0.2) is 23.2 Å². The van der Waals surface area contributed by atoms with Crippen molar-refractivity contribution < 1.29 is 9.53 Å². The topological polar surface area (TPSA) is 41.6 Å². The first-order chi connectivity index (χ1) is 9.98. The Morgan fingerprint density at radius 1 is 1.52 bits per heavy atom. The summed E-state index contributed by atoms with van der Waals surface area (Å²) in [4.78, 5) is 14.3. The third-order valence-corrected chi connectivity index (χ3v) is 6.32. The van der Waals surface area contributed by atoms with E-state index >= 15 is 0 Å².